The number of hydrogen-bond donors (Lipinski definition) is 0. The van der Waals surface area contributed by atoms with E-state index in [0.717, 1.165) is 11.5 Å². The highest BCUT2D eigenvalue weighted by molar-refractivity contribution is 5.85. The van der Waals surface area contributed by atoms with E-state index < -0.39 is 0 Å². The zero-order chi connectivity index (χ0) is 12.6. The summed E-state index contributed by atoms with van der Waals surface area (Å²) in [6.07, 6.45) is 2.21. The average molecular weight is 270 g/mol. The summed E-state index contributed by atoms with van der Waals surface area (Å²) in [5, 5.41) is 0. The van der Waals surface area contributed by atoms with Gasteiger partial charge in [0.1, 0.15) is 0 Å². The van der Waals surface area contributed by atoms with E-state index >= 15 is 0 Å². The molecule has 1 aliphatic carbocycles. The molecule has 18 heavy (non-hydrogen) atoms. The first-order valence-corrected chi connectivity index (χ1v) is 5.69. The number of rotatable bonds is 3. The van der Waals surface area contributed by atoms with Gasteiger partial charge in [-0.25, -0.2) is 0 Å². The van der Waals surface area contributed by atoms with Crippen LogP contribution in [0, 0.1) is 0 Å². The van der Waals surface area contributed by atoms with Crippen molar-refractivity contribution < 1.29 is 9.47 Å². The van der Waals surface area contributed by atoms with Gasteiger partial charge in [-0.2, -0.15) is 0 Å². The van der Waals surface area contributed by atoms with Gasteiger partial charge in [-0.15, -0.1) is 12.4 Å². The number of hydrogen-bond acceptors (Lipinski definition) is 3. The molecule has 0 fully saturated rings. The standard InChI is InChI=1S/C14H19NO2.ClH/c1-9-6-10-7-12(16-4)13(17-5)8-11(10)14(9)15(2)3;/h6-8,14H,1-5H3;1H. The van der Waals surface area contributed by atoms with Crippen LogP contribution in [0.15, 0.2) is 17.7 Å². The summed E-state index contributed by atoms with van der Waals surface area (Å²) in [6.45, 7) is 2.16. The zero-order valence-electron chi connectivity index (χ0n) is 11.5. The fraction of sp³-hybridized carbons (Fsp3) is 0.429. The highest BCUT2D eigenvalue weighted by Crippen LogP contribution is 2.42. The minimum atomic E-state index is 0. The van der Waals surface area contributed by atoms with Crippen LogP contribution in [0.4, 0.5) is 0 Å². The van der Waals surface area contributed by atoms with Crippen molar-refractivity contribution in [1.82, 2.24) is 4.90 Å². The Hall–Kier alpha value is -1.19. The molecule has 1 aliphatic rings. The summed E-state index contributed by atoms with van der Waals surface area (Å²) in [4.78, 5) is 2.21. The van der Waals surface area contributed by atoms with Crippen molar-refractivity contribution in [2.24, 2.45) is 0 Å². The average Bonchev–Trinajstić information content (AvgIpc) is 2.61. The maximum absolute atomic E-state index is 5.36. The smallest absolute Gasteiger partial charge is 0.161 e. The molecule has 1 atom stereocenters. The maximum Gasteiger partial charge on any atom is 0.161 e. The lowest BCUT2D eigenvalue weighted by Crippen LogP contribution is -2.19. The van der Waals surface area contributed by atoms with Gasteiger partial charge in [-0.3, -0.25) is 4.90 Å². The first-order valence-electron chi connectivity index (χ1n) is 5.69. The summed E-state index contributed by atoms with van der Waals surface area (Å²) in [5.74, 6) is 1.58. The number of nitrogens with zero attached hydrogens (tertiary/aromatic N) is 1. The molecule has 0 spiro atoms. The van der Waals surface area contributed by atoms with Crippen LogP contribution in [0.25, 0.3) is 6.08 Å². The van der Waals surface area contributed by atoms with Gasteiger partial charge >= 0.3 is 0 Å². The molecule has 100 valence electrons. The molecule has 0 bridgehead atoms. The van der Waals surface area contributed by atoms with Gasteiger partial charge in [0.15, 0.2) is 11.5 Å². The highest BCUT2D eigenvalue weighted by atomic mass is 35.5. The molecule has 1 aromatic rings. The van der Waals surface area contributed by atoms with Gasteiger partial charge in [-0.05, 0) is 44.3 Å². The number of fused-ring (bicyclic) bond motifs is 1. The Labute approximate surface area is 115 Å². The Bertz CT molecular complexity index is 469. The van der Waals surface area contributed by atoms with Gasteiger partial charge in [0, 0.05) is 0 Å². The lowest BCUT2D eigenvalue weighted by atomic mass is 10.0. The summed E-state index contributed by atoms with van der Waals surface area (Å²) in [7, 11) is 7.52. The van der Waals surface area contributed by atoms with Crippen LogP contribution >= 0.6 is 12.4 Å². The molecule has 0 amide bonds. The molecule has 1 aromatic carbocycles. The topological polar surface area (TPSA) is 21.7 Å². The number of likely N-dealkylation sites (N-methyl/N-ethyl adjacent to an activating group) is 1. The predicted molar refractivity (Wildman–Crippen MR) is 76.9 cm³/mol. The minimum Gasteiger partial charge on any atom is -0.493 e. The van der Waals surface area contributed by atoms with Crippen molar-refractivity contribution in [3.8, 4) is 11.5 Å². The SMILES string of the molecule is COc1cc2c(cc1OC)C(N(C)C)C(C)=C2.Cl. The minimum absolute atomic E-state index is 0. The predicted octanol–water partition coefficient (Wildman–Crippen LogP) is 3.15. The monoisotopic (exact) mass is 269 g/mol. The molecule has 0 saturated carbocycles. The Kier molecular flexibility index (Phi) is 4.65. The molecule has 3 nitrogen and oxygen atoms in total. The molecule has 0 aliphatic heterocycles. The van der Waals surface area contributed by atoms with Gasteiger partial charge in [0.05, 0.1) is 20.3 Å². The van der Waals surface area contributed by atoms with Crippen molar-refractivity contribution >= 4 is 18.5 Å². The molecular formula is C14H20ClNO2. The van der Waals surface area contributed by atoms with E-state index in [9.17, 15) is 0 Å². The third-order valence-corrected chi connectivity index (χ3v) is 3.21. The summed E-state index contributed by atoms with van der Waals surface area (Å²) in [5.41, 5.74) is 3.85. The van der Waals surface area contributed by atoms with Crippen molar-refractivity contribution in [1.29, 1.82) is 0 Å². The van der Waals surface area contributed by atoms with Gasteiger partial charge in [0.2, 0.25) is 0 Å². The second-order valence-electron chi connectivity index (χ2n) is 4.59. The molecule has 0 heterocycles. The van der Waals surface area contributed by atoms with Gasteiger partial charge < -0.3 is 9.47 Å². The number of halogens is 1. The summed E-state index contributed by atoms with van der Waals surface area (Å²) < 4.78 is 10.7. The second-order valence-corrected chi connectivity index (χ2v) is 4.59. The molecular weight excluding hydrogens is 250 g/mol. The Morgan fingerprint density at radius 3 is 2.11 bits per heavy atom. The first-order chi connectivity index (χ1) is 8.08. The molecule has 0 radical (unpaired) electrons. The van der Waals surface area contributed by atoms with E-state index in [-0.39, 0.29) is 12.4 Å². The Morgan fingerprint density at radius 2 is 1.61 bits per heavy atom. The quantitative estimate of drug-likeness (QED) is 0.841. The number of ether oxygens (including phenoxy) is 2. The van der Waals surface area contributed by atoms with E-state index in [4.69, 9.17) is 9.47 Å². The van der Waals surface area contributed by atoms with Gasteiger partial charge in [-0.1, -0.05) is 11.6 Å². The van der Waals surface area contributed by atoms with E-state index in [0.29, 0.717) is 6.04 Å². The molecule has 1 unspecified atom stereocenters. The fourth-order valence-corrected chi connectivity index (χ4v) is 2.53. The molecule has 0 saturated heterocycles. The number of methoxy groups -OCH3 is 2. The summed E-state index contributed by atoms with van der Waals surface area (Å²) in [6, 6.07) is 4.46. The van der Waals surface area contributed by atoms with E-state index in [1.165, 1.54) is 16.7 Å². The Morgan fingerprint density at radius 1 is 1.06 bits per heavy atom. The third kappa shape index (κ3) is 2.33. The van der Waals surface area contributed by atoms with Crippen LogP contribution in [0.2, 0.25) is 0 Å². The molecule has 4 heteroatoms. The largest absolute Gasteiger partial charge is 0.493 e. The first kappa shape index (κ1) is 14.9. The third-order valence-electron chi connectivity index (χ3n) is 3.21. The summed E-state index contributed by atoms with van der Waals surface area (Å²) >= 11 is 0. The Balaban J connectivity index is 0.00000162. The van der Waals surface area contributed by atoms with Crippen molar-refractivity contribution in [2.75, 3.05) is 28.3 Å². The van der Waals surface area contributed by atoms with Crippen molar-refractivity contribution in [3.63, 3.8) is 0 Å². The second kappa shape index (κ2) is 5.63. The lowest BCUT2D eigenvalue weighted by Gasteiger charge is -2.23. The van der Waals surface area contributed by atoms with E-state index in [2.05, 4.69) is 38.1 Å². The lowest BCUT2D eigenvalue weighted by molar-refractivity contribution is 0.335. The van der Waals surface area contributed by atoms with Crippen LogP contribution in [-0.2, 0) is 0 Å². The van der Waals surface area contributed by atoms with Gasteiger partial charge in [0.25, 0.3) is 0 Å². The normalized spacial score (nSPS) is 17.0. The maximum atomic E-state index is 5.36. The van der Waals surface area contributed by atoms with Crippen LogP contribution in [0.3, 0.4) is 0 Å². The number of benzene rings is 1. The molecule has 0 N–H and O–H groups in total. The van der Waals surface area contributed by atoms with Crippen molar-refractivity contribution in [2.45, 2.75) is 13.0 Å². The van der Waals surface area contributed by atoms with E-state index in [1.54, 1.807) is 14.2 Å². The molecule has 0 aromatic heterocycles. The van der Waals surface area contributed by atoms with Crippen LogP contribution in [0.1, 0.15) is 24.1 Å². The van der Waals surface area contributed by atoms with Crippen LogP contribution in [-0.4, -0.2) is 33.2 Å². The van der Waals surface area contributed by atoms with Crippen LogP contribution < -0.4 is 9.47 Å². The van der Waals surface area contributed by atoms with Crippen molar-refractivity contribution in [3.05, 3.63) is 28.8 Å². The fourth-order valence-electron chi connectivity index (χ4n) is 2.53. The van der Waals surface area contributed by atoms with Crippen LogP contribution in [0.5, 0.6) is 11.5 Å². The zero-order valence-corrected chi connectivity index (χ0v) is 12.3. The van der Waals surface area contributed by atoms with E-state index in [1.807, 2.05) is 6.07 Å². The highest BCUT2D eigenvalue weighted by Gasteiger charge is 2.26. The molecule has 2 rings (SSSR count).